The number of aliphatic hydroxyl groups is 1. The van der Waals surface area contributed by atoms with Crippen LogP contribution in [-0.4, -0.2) is 58.6 Å². The van der Waals surface area contributed by atoms with Crippen LogP contribution in [0, 0.1) is 5.82 Å². The SMILES string of the molecule is COc1cnc2ccc(F)c(N(C)[C@@H]3CCC(NC(=O)O)C[C@@H]3O)c2n1. The Morgan fingerprint density at radius 3 is 2.85 bits per heavy atom. The molecule has 9 heteroatoms. The third kappa shape index (κ3) is 3.48. The molecule has 1 unspecified atom stereocenters. The summed E-state index contributed by atoms with van der Waals surface area (Å²) >= 11 is 0. The minimum absolute atomic E-state index is 0.239. The zero-order valence-corrected chi connectivity index (χ0v) is 14.5. The number of aliphatic hydroxyl groups excluding tert-OH is 1. The third-order valence-electron chi connectivity index (χ3n) is 4.78. The van der Waals surface area contributed by atoms with E-state index in [1.807, 2.05) is 0 Å². The molecule has 1 aromatic carbocycles. The second-order valence-corrected chi connectivity index (χ2v) is 6.38. The molecule has 0 aliphatic heterocycles. The summed E-state index contributed by atoms with van der Waals surface area (Å²) in [6, 6.07) is 2.18. The molecule has 1 saturated carbocycles. The summed E-state index contributed by atoms with van der Waals surface area (Å²) in [7, 11) is 3.15. The van der Waals surface area contributed by atoms with Crippen LogP contribution in [0.1, 0.15) is 19.3 Å². The molecule has 1 aromatic heterocycles. The Morgan fingerprint density at radius 1 is 1.42 bits per heavy atom. The molecular formula is C17H21FN4O4. The highest BCUT2D eigenvalue weighted by Gasteiger charge is 2.34. The predicted molar refractivity (Wildman–Crippen MR) is 93.0 cm³/mol. The van der Waals surface area contributed by atoms with E-state index in [-0.39, 0.29) is 30.1 Å². The van der Waals surface area contributed by atoms with Crippen LogP contribution in [0.5, 0.6) is 5.88 Å². The van der Waals surface area contributed by atoms with Crippen LogP contribution in [0.3, 0.4) is 0 Å². The Kier molecular flexibility index (Phi) is 5.08. The Balaban J connectivity index is 1.91. The monoisotopic (exact) mass is 364 g/mol. The minimum Gasteiger partial charge on any atom is -0.480 e. The van der Waals surface area contributed by atoms with Crippen molar-refractivity contribution in [3.63, 3.8) is 0 Å². The van der Waals surface area contributed by atoms with Crippen molar-refractivity contribution >= 4 is 22.8 Å². The number of carbonyl (C=O) groups is 1. The molecule has 3 N–H and O–H groups in total. The summed E-state index contributed by atoms with van der Waals surface area (Å²) < 4.78 is 19.7. The predicted octanol–water partition coefficient (Wildman–Crippen LogP) is 1.76. The first-order valence-electron chi connectivity index (χ1n) is 8.30. The van der Waals surface area contributed by atoms with Crippen molar-refractivity contribution in [3.05, 3.63) is 24.1 Å². The summed E-state index contributed by atoms with van der Waals surface area (Å²) in [4.78, 5) is 21.0. The summed E-state index contributed by atoms with van der Waals surface area (Å²) in [5.41, 5.74) is 1.11. The van der Waals surface area contributed by atoms with E-state index in [2.05, 4.69) is 15.3 Å². The van der Waals surface area contributed by atoms with Gasteiger partial charge in [0.05, 0.1) is 31.0 Å². The number of carboxylic acid groups (broad SMARTS) is 1. The van der Waals surface area contributed by atoms with Crippen LogP contribution in [0.15, 0.2) is 18.3 Å². The van der Waals surface area contributed by atoms with E-state index >= 15 is 0 Å². The Morgan fingerprint density at radius 2 is 2.19 bits per heavy atom. The first kappa shape index (κ1) is 18.1. The van der Waals surface area contributed by atoms with Crippen LogP contribution < -0.4 is 15.0 Å². The van der Waals surface area contributed by atoms with Gasteiger partial charge in [0, 0.05) is 13.1 Å². The number of nitrogens with zero attached hydrogens (tertiary/aromatic N) is 3. The fraction of sp³-hybridized carbons (Fsp3) is 0.471. The molecular weight excluding hydrogens is 343 g/mol. The molecule has 8 nitrogen and oxygen atoms in total. The van der Waals surface area contributed by atoms with Gasteiger partial charge in [-0.25, -0.2) is 19.2 Å². The number of amides is 1. The molecule has 1 amide bonds. The van der Waals surface area contributed by atoms with Gasteiger partial charge in [0.1, 0.15) is 17.0 Å². The number of methoxy groups -OCH3 is 1. The fourth-order valence-corrected chi connectivity index (χ4v) is 3.51. The first-order valence-corrected chi connectivity index (χ1v) is 8.30. The Bertz CT molecular complexity index is 819. The average molecular weight is 364 g/mol. The normalized spacial score (nSPS) is 22.8. The summed E-state index contributed by atoms with van der Waals surface area (Å²) in [6.45, 7) is 0. The molecule has 0 radical (unpaired) electrons. The highest BCUT2D eigenvalue weighted by atomic mass is 19.1. The summed E-state index contributed by atoms with van der Waals surface area (Å²) in [6.07, 6.45) is 0.871. The fourth-order valence-electron chi connectivity index (χ4n) is 3.51. The lowest BCUT2D eigenvalue weighted by Gasteiger charge is -2.39. The average Bonchev–Trinajstić information content (AvgIpc) is 2.60. The topological polar surface area (TPSA) is 108 Å². The smallest absolute Gasteiger partial charge is 0.404 e. The molecule has 1 heterocycles. The lowest BCUT2D eigenvalue weighted by Crippen LogP contribution is -2.50. The molecule has 140 valence electrons. The van der Waals surface area contributed by atoms with Crippen LogP contribution in [0.25, 0.3) is 11.0 Å². The van der Waals surface area contributed by atoms with E-state index in [0.29, 0.717) is 23.9 Å². The Hall–Kier alpha value is -2.68. The van der Waals surface area contributed by atoms with Gasteiger partial charge < -0.3 is 25.2 Å². The van der Waals surface area contributed by atoms with Gasteiger partial charge in [-0.05, 0) is 31.4 Å². The van der Waals surface area contributed by atoms with E-state index < -0.39 is 18.0 Å². The molecule has 1 aliphatic carbocycles. The second-order valence-electron chi connectivity index (χ2n) is 6.38. The third-order valence-corrected chi connectivity index (χ3v) is 4.78. The lowest BCUT2D eigenvalue weighted by atomic mass is 9.87. The van der Waals surface area contributed by atoms with Gasteiger partial charge in [-0.15, -0.1) is 0 Å². The number of nitrogens with one attached hydrogen (secondary N) is 1. The molecule has 26 heavy (non-hydrogen) atoms. The minimum atomic E-state index is -1.11. The number of hydrogen-bond acceptors (Lipinski definition) is 6. The van der Waals surface area contributed by atoms with Crippen molar-refractivity contribution in [1.82, 2.24) is 15.3 Å². The quantitative estimate of drug-likeness (QED) is 0.759. The van der Waals surface area contributed by atoms with E-state index in [1.54, 1.807) is 18.0 Å². The molecule has 0 saturated heterocycles. The van der Waals surface area contributed by atoms with Gasteiger partial charge in [-0.2, -0.15) is 0 Å². The van der Waals surface area contributed by atoms with Gasteiger partial charge in [0.25, 0.3) is 0 Å². The van der Waals surface area contributed by atoms with Gasteiger partial charge in [0.2, 0.25) is 5.88 Å². The van der Waals surface area contributed by atoms with Crippen LogP contribution >= 0.6 is 0 Å². The molecule has 3 rings (SSSR count). The van der Waals surface area contributed by atoms with Crippen molar-refractivity contribution < 1.29 is 24.1 Å². The van der Waals surface area contributed by atoms with Crippen molar-refractivity contribution in [2.24, 2.45) is 0 Å². The molecule has 0 spiro atoms. The number of rotatable bonds is 4. The molecule has 0 bridgehead atoms. The number of hydrogen-bond donors (Lipinski definition) is 3. The van der Waals surface area contributed by atoms with Gasteiger partial charge in [0.15, 0.2) is 0 Å². The molecule has 1 aliphatic rings. The Labute approximate surface area is 149 Å². The number of benzene rings is 1. The van der Waals surface area contributed by atoms with Gasteiger partial charge in [-0.1, -0.05) is 0 Å². The zero-order valence-electron chi connectivity index (χ0n) is 14.5. The molecule has 3 atom stereocenters. The summed E-state index contributed by atoms with van der Waals surface area (Å²) in [5.74, 6) is -0.201. The maximum atomic E-state index is 14.6. The number of fused-ring (bicyclic) bond motifs is 1. The second kappa shape index (κ2) is 7.28. The number of aromatic nitrogens is 2. The van der Waals surface area contributed by atoms with Crippen LogP contribution in [-0.2, 0) is 0 Å². The highest BCUT2D eigenvalue weighted by Crippen LogP contribution is 2.33. The first-order chi connectivity index (χ1) is 12.4. The van der Waals surface area contributed by atoms with Gasteiger partial charge >= 0.3 is 6.09 Å². The number of anilines is 1. The number of halogens is 1. The lowest BCUT2D eigenvalue weighted by molar-refractivity contribution is 0.0881. The van der Waals surface area contributed by atoms with Crippen molar-refractivity contribution in [1.29, 1.82) is 0 Å². The van der Waals surface area contributed by atoms with E-state index in [9.17, 15) is 14.3 Å². The van der Waals surface area contributed by atoms with Crippen molar-refractivity contribution in [3.8, 4) is 5.88 Å². The maximum absolute atomic E-state index is 14.6. The largest absolute Gasteiger partial charge is 0.480 e. The highest BCUT2D eigenvalue weighted by molar-refractivity contribution is 5.89. The zero-order chi connectivity index (χ0) is 18.8. The number of ether oxygens (including phenoxy) is 1. The van der Waals surface area contributed by atoms with E-state index in [0.717, 1.165) is 0 Å². The van der Waals surface area contributed by atoms with Crippen molar-refractivity contribution in [2.45, 2.75) is 37.5 Å². The maximum Gasteiger partial charge on any atom is 0.404 e. The van der Waals surface area contributed by atoms with E-state index in [4.69, 9.17) is 9.84 Å². The van der Waals surface area contributed by atoms with Crippen molar-refractivity contribution in [2.75, 3.05) is 19.1 Å². The molecule has 1 fully saturated rings. The molecule has 2 aromatic rings. The van der Waals surface area contributed by atoms with E-state index in [1.165, 1.54) is 19.4 Å². The van der Waals surface area contributed by atoms with Crippen LogP contribution in [0.4, 0.5) is 14.9 Å². The summed E-state index contributed by atoms with van der Waals surface area (Å²) in [5, 5.41) is 21.7. The number of likely N-dealkylation sites (N-methyl/N-ethyl adjacent to an activating group) is 1. The standard InChI is InChI=1S/C17H21FN4O4/c1-22(12-6-3-9(7-13(12)23)20-17(24)25)16-10(18)4-5-11-15(16)21-14(26-2)8-19-11/h4-5,8-9,12-13,20,23H,3,6-7H2,1-2H3,(H,24,25)/t9?,12-,13+/m1/s1. The van der Waals surface area contributed by atoms with Gasteiger partial charge in [-0.3, -0.25) is 0 Å². The van der Waals surface area contributed by atoms with Crippen LogP contribution in [0.2, 0.25) is 0 Å².